The number of esters is 1. The van der Waals surface area contributed by atoms with Crippen LogP contribution < -0.4 is 5.01 Å². The van der Waals surface area contributed by atoms with Crippen LogP contribution in [0, 0.1) is 34.5 Å². The average molecular weight is 539 g/mol. The number of rotatable bonds is 4. The monoisotopic (exact) mass is 538 g/mol. The maximum atomic E-state index is 11.7. The average Bonchev–Trinajstić information content (AvgIpc) is 3.44. The van der Waals surface area contributed by atoms with E-state index in [1.54, 1.807) is 0 Å². The molecule has 2 aromatic carbocycles. The van der Waals surface area contributed by atoms with Gasteiger partial charge in [-0.3, -0.25) is 4.79 Å². The Morgan fingerprint density at radius 2 is 1.70 bits per heavy atom. The molecule has 4 aliphatic carbocycles. The Balaban J connectivity index is 1.29. The molecular weight excluding hydrogens is 496 g/mol. The minimum Gasteiger partial charge on any atom is -0.462 e. The number of ether oxygens (including phenoxy) is 2. The van der Waals surface area contributed by atoms with Crippen LogP contribution in [0.2, 0.25) is 0 Å². The Morgan fingerprint density at radius 1 is 0.975 bits per heavy atom. The SMILES string of the molecule is COC12C(CC3C4CC=C5CC(OC(C)=O)CCC5(C)C4CCC31C)C(c1ccccc1)=NN2c1ccccc1. The van der Waals surface area contributed by atoms with Crippen molar-refractivity contribution in [2.24, 2.45) is 39.6 Å². The van der Waals surface area contributed by atoms with E-state index < -0.39 is 5.72 Å². The summed E-state index contributed by atoms with van der Waals surface area (Å²) in [6.07, 6.45) is 10.1. The second kappa shape index (κ2) is 9.30. The molecule has 8 atom stereocenters. The number of allylic oxidation sites excluding steroid dienone is 1. The number of benzene rings is 2. The van der Waals surface area contributed by atoms with Crippen molar-refractivity contribution in [3.8, 4) is 0 Å². The van der Waals surface area contributed by atoms with E-state index >= 15 is 0 Å². The predicted molar refractivity (Wildman–Crippen MR) is 158 cm³/mol. The lowest BCUT2D eigenvalue weighted by Crippen LogP contribution is -2.62. The van der Waals surface area contributed by atoms with E-state index in [2.05, 4.69) is 85.6 Å². The van der Waals surface area contributed by atoms with E-state index in [0.717, 1.165) is 44.2 Å². The highest BCUT2D eigenvalue weighted by Gasteiger charge is 2.73. The van der Waals surface area contributed by atoms with Gasteiger partial charge < -0.3 is 9.47 Å². The van der Waals surface area contributed by atoms with Crippen molar-refractivity contribution in [1.29, 1.82) is 0 Å². The number of methoxy groups -OCH3 is 1. The number of anilines is 1. The molecule has 2 aromatic rings. The van der Waals surface area contributed by atoms with E-state index in [-0.39, 0.29) is 28.8 Å². The van der Waals surface area contributed by atoms with Gasteiger partial charge in [-0.2, -0.15) is 5.10 Å². The van der Waals surface area contributed by atoms with Gasteiger partial charge in [0.15, 0.2) is 5.72 Å². The van der Waals surface area contributed by atoms with Gasteiger partial charge in [0.25, 0.3) is 0 Å². The zero-order valence-electron chi connectivity index (χ0n) is 24.3. The molecule has 1 heterocycles. The molecular formula is C35H42N2O3. The van der Waals surface area contributed by atoms with Crippen LogP contribution in [0.1, 0.15) is 71.3 Å². The standard InChI is InChI=1S/C35H42N2O3/c1-23(38)40-27-17-19-33(2)25(21-27)15-16-28-29(33)18-20-34(3)30(28)22-31-32(24-11-7-5-8-12-24)36-37(35(31,34)39-4)26-13-9-6-10-14-26/h5-15,27-31H,16-22H2,1-4H3. The van der Waals surface area contributed by atoms with Gasteiger partial charge >= 0.3 is 5.97 Å². The molecule has 0 radical (unpaired) electrons. The summed E-state index contributed by atoms with van der Waals surface area (Å²) in [6.45, 7) is 6.56. The second-order valence-corrected chi connectivity index (χ2v) is 13.4. The quantitative estimate of drug-likeness (QED) is 0.301. The van der Waals surface area contributed by atoms with Crippen molar-refractivity contribution in [2.75, 3.05) is 12.1 Å². The van der Waals surface area contributed by atoms with Crippen LogP contribution >= 0.6 is 0 Å². The van der Waals surface area contributed by atoms with Crippen LogP contribution in [0.4, 0.5) is 5.69 Å². The van der Waals surface area contributed by atoms with E-state index in [9.17, 15) is 4.79 Å². The smallest absolute Gasteiger partial charge is 0.302 e. The summed E-state index contributed by atoms with van der Waals surface area (Å²) in [4.78, 5) is 11.7. The summed E-state index contributed by atoms with van der Waals surface area (Å²) in [5.41, 5.74) is 4.63. The molecule has 40 heavy (non-hydrogen) atoms. The van der Waals surface area contributed by atoms with Crippen molar-refractivity contribution < 1.29 is 14.3 Å². The molecule has 5 aliphatic rings. The lowest BCUT2D eigenvalue weighted by Gasteiger charge is -2.60. The molecule has 0 saturated heterocycles. The Hall–Kier alpha value is -2.92. The summed E-state index contributed by atoms with van der Waals surface area (Å²) in [7, 11) is 1.92. The lowest BCUT2D eigenvalue weighted by atomic mass is 9.47. The maximum absolute atomic E-state index is 11.7. The number of para-hydroxylation sites is 1. The topological polar surface area (TPSA) is 51.1 Å². The molecule has 8 unspecified atom stereocenters. The Labute approximate surface area is 238 Å². The molecule has 5 heteroatoms. The van der Waals surface area contributed by atoms with Crippen molar-refractivity contribution >= 4 is 17.4 Å². The second-order valence-electron chi connectivity index (χ2n) is 13.4. The van der Waals surface area contributed by atoms with Gasteiger partial charge in [0.05, 0.1) is 17.3 Å². The zero-order chi connectivity index (χ0) is 27.7. The number of fused-ring (bicyclic) bond motifs is 7. The number of carbonyl (C=O) groups is 1. The van der Waals surface area contributed by atoms with E-state index in [4.69, 9.17) is 14.6 Å². The van der Waals surface area contributed by atoms with Crippen LogP contribution in [-0.2, 0) is 14.3 Å². The molecule has 1 aliphatic heterocycles. The first-order valence-electron chi connectivity index (χ1n) is 15.2. The van der Waals surface area contributed by atoms with Crippen molar-refractivity contribution in [2.45, 2.75) is 77.5 Å². The molecule has 3 fully saturated rings. The van der Waals surface area contributed by atoms with Gasteiger partial charge in [-0.1, -0.05) is 74.0 Å². The first kappa shape index (κ1) is 26.0. The number of hydrogen-bond acceptors (Lipinski definition) is 5. The van der Waals surface area contributed by atoms with Crippen LogP contribution in [0.25, 0.3) is 0 Å². The molecule has 0 aromatic heterocycles. The number of hydrazone groups is 1. The van der Waals surface area contributed by atoms with Gasteiger partial charge in [0.2, 0.25) is 0 Å². The van der Waals surface area contributed by atoms with E-state index in [1.165, 1.54) is 30.2 Å². The van der Waals surface area contributed by atoms with Gasteiger partial charge in [0.1, 0.15) is 6.10 Å². The van der Waals surface area contributed by atoms with E-state index in [1.807, 2.05) is 7.11 Å². The normalized spacial score (nSPS) is 39.8. The molecule has 5 nitrogen and oxygen atoms in total. The Morgan fingerprint density at radius 3 is 2.40 bits per heavy atom. The van der Waals surface area contributed by atoms with Crippen LogP contribution in [0.5, 0.6) is 0 Å². The third-order valence-electron chi connectivity index (χ3n) is 11.8. The molecule has 0 bridgehead atoms. The summed E-state index contributed by atoms with van der Waals surface area (Å²) in [5.74, 6) is 1.85. The van der Waals surface area contributed by atoms with Crippen molar-refractivity contribution in [3.63, 3.8) is 0 Å². The fourth-order valence-electron chi connectivity index (χ4n) is 10.1. The van der Waals surface area contributed by atoms with Crippen LogP contribution in [0.3, 0.4) is 0 Å². The van der Waals surface area contributed by atoms with Gasteiger partial charge in [-0.15, -0.1) is 0 Å². The highest BCUT2D eigenvalue weighted by Crippen LogP contribution is 2.71. The lowest BCUT2D eigenvalue weighted by molar-refractivity contribution is -0.152. The molecule has 210 valence electrons. The highest BCUT2D eigenvalue weighted by molar-refractivity contribution is 6.06. The van der Waals surface area contributed by atoms with Crippen LogP contribution in [0.15, 0.2) is 77.4 Å². The molecule has 0 N–H and O–H groups in total. The molecule has 0 amide bonds. The number of carbonyl (C=O) groups excluding carboxylic acids is 1. The van der Waals surface area contributed by atoms with Crippen molar-refractivity contribution in [1.82, 2.24) is 0 Å². The summed E-state index contributed by atoms with van der Waals surface area (Å²) in [6, 6.07) is 21.4. The Kier molecular flexibility index (Phi) is 6.05. The summed E-state index contributed by atoms with van der Waals surface area (Å²) < 4.78 is 12.5. The molecule has 7 rings (SSSR count). The third-order valence-corrected chi connectivity index (χ3v) is 11.8. The minimum atomic E-state index is -0.521. The maximum Gasteiger partial charge on any atom is 0.302 e. The predicted octanol–water partition coefficient (Wildman–Crippen LogP) is 7.37. The number of nitrogens with zero attached hydrogens (tertiary/aromatic N) is 2. The zero-order valence-corrected chi connectivity index (χ0v) is 24.3. The largest absolute Gasteiger partial charge is 0.462 e. The first-order valence-corrected chi connectivity index (χ1v) is 15.2. The molecule has 3 saturated carbocycles. The summed E-state index contributed by atoms with van der Waals surface area (Å²) >= 11 is 0. The van der Waals surface area contributed by atoms with E-state index in [0.29, 0.717) is 17.8 Å². The van der Waals surface area contributed by atoms with Gasteiger partial charge in [-0.25, -0.2) is 5.01 Å². The third kappa shape index (κ3) is 3.49. The minimum absolute atomic E-state index is 0.0360. The van der Waals surface area contributed by atoms with Gasteiger partial charge in [0, 0.05) is 25.9 Å². The summed E-state index contributed by atoms with van der Waals surface area (Å²) in [5, 5.41) is 7.64. The van der Waals surface area contributed by atoms with Gasteiger partial charge in [-0.05, 0) is 79.4 Å². The highest BCUT2D eigenvalue weighted by atomic mass is 16.5. The fourth-order valence-corrected chi connectivity index (χ4v) is 10.1. The first-order chi connectivity index (χ1) is 19.3. The Bertz CT molecular complexity index is 1360. The van der Waals surface area contributed by atoms with Crippen LogP contribution in [-0.4, -0.2) is 30.6 Å². The molecule has 0 spiro atoms. The van der Waals surface area contributed by atoms with Crippen molar-refractivity contribution in [3.05, 3.63) is 77.9 Å². The number of hydrogen-bond donors (Lipinski definition) is 0. The fraction of sp³-hybridized carbons (Fsp3) is 0.543.